The Hall–Kier alpha value is -2.29. The smallest absolute Gasteiger partial charge is 0.147 e. The lowest BCUT2D eigenvalue weighted by molar-refractivity contribution is -0.121. The summed E-state index contributed by atoms with van der Waals surface area (Å²) in [5.41, 5.74) is 1.83. The van der Waals surface area contributed by atoms with Gasteiger partial charge in [0.05, 0.1) is 14.2 Å². The van der Waals surface area contributed by atoms with Gasteiger partial charge in [0.25, 0.3) is 0 Å². The van der Waals surface area contributed by atoms with Gasteiger partial charge in [-0.25, -0.2) is 0 Å². The molecule has 2 aromatic rings. The van der Waals surface area contributed by atoms with Crippen molar-refractivity contribution >= 4 is 5.78 Å². The second-order valence-corrected chi connectivity index (χ2v) is 5.33. The van der Waals surface area contributed by atoms with Crippen molar-refractivity contribution in [2.75, 3.05) is 14.2 Å². The molecule has 3 heteroatoms. The van der Waals surface area contributed by atoms with E-state index in [9.17, 15) is 4.79 Å². The highest BCUT2D eigenvalue weighted by Crippen LogP contribution is 2.34. The first-order valence-electron chi connectivity index (χ1n) is 7.39. The minimum absolute atomic E-state index is 0.147. The molecule has 0 aromatic heterocycles. The second-order valence-electron chi connectivity index (χ2n) is 5.33. The molecule has 0 radical (unpaired) electrons. The van der Waals surface area contributed by atoms with Crippen molar-refractivity contribution in [2.24, 2.45) is 0 Å². The van der Waals surface area contributed by atoms with Crippen molar-refractivity contribution in [1.82, 2.24) is 0 Å². The Bertz CT molecular complexity index is 593. The van der Waals surface area contributed by atoms with Gasteiger partial charge in [-0.2, -0.15) is 0 Å². The molecule has 3 nitrogen and oxygen atoms in total. The molecule has 22 heavy (non-hydrogen) atoms. The van der Waals surface area contributed by atoms with Crippen molar-refractivity contribution in [3.05, 3.63) is 59.7 Å². The quantitative estimate of drug-likeness (QED) is 0.802. The topological polar surface area (TPSA) is 35.5 Å². The van der Waals surface area contributed by atoms with E-state index in [0.717, 1.165) is 22.6 Å². The Morgan fingerprint density at radius 1 is 0.773 bits per heavy atom. The SMILES string of the molecule is COc1ccccc1C(C)C(=O)C(C)c1ccccc1OC. The number of benzene rings is 2. The molecule has 2 aromatic carbocycles. The van der Waals surface area contributed by atoms with Crippen LogP contribution in [0.2, 0.25) is 0 Å². The molecule has 0 aliphatic rings. The molecule has 0 aliphatic carbocycles. The van der Waals surface area contributed by atoms with Crippen LogP contribution in [0.3, 0.4) is 0 Å². The lowest BCUT2D eigenvalue weighted by Gasteiger charge is -2.20. The predicted octanol–water partition coefficient (Wildman–Crippen LogP) is 4.18. The van der Waals surface area contributed by atoms with Crippen molar-refractivity contribution in [3.8, 4) is 11.5 Å². The number of ketones is 1. The van der Waals surface area contributed by atoms with Gasteiger partial charge in [-0.05, 0) is 12.1 Å². The maximum atomic E-state index is 12.9. The average molecular weight is 298 g/mol. The maximum Gasteiger partial charge on any atom is 0.147 e. The highest BCUT2D eigenvalue weighted by atomic mass is 16.5. The van der Waals surface area contributed by atoms with E-state index in [2.05, 4.69) is 0 Å². The molecule has 0 saturated carbocycles. The molecular formula is C19H22O3. The molecule has 0 N–H and O–H groups in total. The average Bonchev–Trinajstić information content (AvgIpc) is 2.59. The molecule has 2 rings (SSSR count). The van der Waals surface area contributed by atoms with Crippen LogP contribution in [0.15, 0.2) is 48.5 Å². The highest BCUT2D eigenvalue weighted by molar-refractivity contribution is 5.92. The zero-order valence-electron chi connectivity index (χ0n) is 13.5. The molecule has 116 valence electrons. The molecule has 0 amide bonds. The van der Waals surface area contributed by atoms with Crippen LogP contribution < -0.4 is 9.47 Å². The second kappa shape index (κ2) is 7.12. The molecule has 0 spiro atoms. The zero-order valence-corrected chi connectivity index (χ0v) is 13.5. The molecule has 2 atom stereocenters. The number of para-hydroxylation sites is 2. The standard InChI is InChI=1S/C19H22O3/c1-13(15-9-5-7-11-17(15)21-3)19(20)14(2)16-10-6-8-12-18(16)22-4/h5-14H,1-4H3. The van der Waals surface area contributed by atoms with Gasteiger partial charge in [-0.15, -0.1) is 0 Å². The van der Waals surface area contributed by atoms with Gasteiger partial charge in [0.2, 0.25) is 0 Å². The Kier molecular flexibility index (Phi) is 5.21. The lowest BCUT2D eigenvalue weighted by atomic mass is 9.85. The van der Waals surface area contributed by atoms with Gasteiger partial charge in [-0.3, -0.25) is 4.79 Å². The molecule has 0 fully saturated rings. The van der Waals surface area contributed by atoms with Gasteiger partial charge in [0.1, 0.15) is 17.3 Å². The number of hydrogen-bond donors (Lipinski definition) is 0. The number of ether oxygens (including phenoxy) is 2. The summed E-state index contributed by atoms with van der Waals surface area (Å²) in [5.74, 6) is 1.16. The number of Topliss-reactive ketones (excluding diaryl/α,β-unsaturated/α-hetero) is 1. The fourth-order valence-corrected chi connectivity index (χ4v) is 2.73. The zero-order chi connectivity index (χ0) is 16.1. The predicted molar refractivity (Wildman–Crippen MR) is 87.8 cm³/mol. The monoisotopic (exact) mass is 298 g/mol. The molecule has 0 aliphatic heterocycles. The fraction of sp³-hybridized carbons (Fsp3) is 0.316. The third-order valence-electron chi connectivity index (χ3n) is 4.06. The Morgan fingerprint density at radius 3 is 1.50 bits per heavy atom. The van der Waals surface area contributed by atoms with E-state index in [1.165, 1.54) is 0 Å². The number of carbonyl (C=O) groups excluding carboxylic acids is 1. The van der Waals surface area contributed by atoms with Crippen LogP contribution >= 0.6 is 0 Å². The van der Waals surface area contributed by atoms with Crippen LogP contribution in [-0.2, 0) is 4.79 Å². The van der Waals surface area contributed by atoms with E-state index in [0.29, 0.717) is 0 Å². The summed E-state index contributed by atoms with van der Waals surface area (Å²) < 4.78 is 10.7. The van der Waals surface area contributed by atoms with Crippen molar-refractivity contribution < 1.29 is 14.3 Å². The summed E-state index contributed by atoms with van der Waals surface area (Å²) in [6.07, 6.45) is 0. The number of methoxy groups -OCH3 is 2. The van der Waals surface area contributed by atoms with Gasteiger partial charge >= 0.3 is 0 Å². The molecule has 0 saturated heterocycles. The summed E-state index contributed by atoms with van der Waals surface area (Å²) in [7, 11) is 3.25. The summed E-state index contributed by atoms with van der Waals surface area (Å²) in [4.78, 5) is 12.9. The van der Waals surface area contributed by atoms with Crippen LogP contribution in [0, 0.1) is 0 Å². The Labute approximate surface area is 131 Å². The lowest BCUT2D eigenvalue weighted by Crippen LogP contribution is -2.17. The van der Waals surface area contributed by atoms with E-state index in [-0.39, 0.29) is 17.6 Å². The maximum absolute atomic E-state index is 12.9. The first kappa shape index (κ1) is 16.1. The van der Waals surface area contributed by atoms with Crippen molar-refractivity contribution in [1.29, 1.82) is 0 Å². The van der Waals surface area contributed by atoms with Crippen LogP contribution in [0.4, 0.5) is 0 Å². The minimum atomic E-state index is -0.240. The van der Waals surface area contributed by atoms with Crippen LogP contribution in [0.1, 0.15) is 36.8 Å². The summed E-state index contributed by atoms with van der Waals surface area (Å²) >= 11 is 0. The summed E-state index contributed by atoms with van der Waals surface area (Å²) in [6.45, 7) is 3.85. The van der Waals surface area contributed by atoms with Gasteiger partial charge in [0.15, 0.2) is 0 Å². The summed E-state index contributed by atoms with van der Waals surface area (Å²) in [6, 6.07) is 15.3. The largest absolute Gasteiger partial charge is 0.496 e. The number of hydrogen-bond acceptors (Lipinski definition) is 3. The van der Waals surface area contributed by atoms with Crippen molar-refractivity contribution in [2.45, 2.75) is 25.7 Å². The van der Waals surface area contributed by atoms with E-state index >= 15 is 0 Å². The third kappa shape index (κ3) is 3.14. The fourth-order valence-electron chi connectivity index (χ4n) is 2.73. The molecule has 0 heterocycles. The summed E-state index contributed by atoms with van der Waals surface area (Å²) in [5, 5.41) is 0. The van der Waals surface area contributed by atoms with E-state index in [1.54, 1.807) is 14.2 Å². The number of carbonyl (C=O) groups is 1. The first-order valence-corrected chi connectivity index (χ1v) is 7.39. The van der Waals surface area contributed by atoms with Gasteiger partial charge < -0.3 is 9.47 Å². The molecule has 0 bridgehead atoms. The number of rotatable bonds is 6. The molecular weight excluding hydrogens is 276 g/mol. The van der Waals surface area contributed by atoms with Crippen LogP contribution in [0.5, 0.6) is 11.5 Å². The third-order valence-corrected chi connectivity index (χ3v) is 4.06. The highest BCUT2D eigenvalue weighted by Gasteiger charge is 2.26. The van der Waals surface area contributed by atoms with Crippen LogP contribution in [0.25, 0.3) is 0 Å². The molecule has 2 unspecified atom stereocenters. The normalized spacial score (nSPS) is 13.3. The van der Waals surface area contributed by atoms with E-state index < -0.39 is 0 Å². The Balaban J connectivity index is 2.30. The minimum Gasteiger partial charge on any atom is -0.496 e. The Morgan fingerprint density at radius 2 is 1.14 bits per heavy atom. The van der Waals surface area contributed by atoms with Crippen LogP contribution in [-0.4, -0.2) is 20.0 Å². The van der Waals surface area contributed by atoms with Gasteiger partial charge in [0, 0.05) is 23.0 Å². The van der Waals surface area contributed by atoms with E-state index in [4.69, 9.17) is 9.47 Å². The first-order chi connectivity index (χ1) is 10.6. The van der Waals surface area contributed by atoms with Gasteiger partial charge in [-0.1, -0.05) is 50.2 Å². The van der Waals surface area contributed by atoms with Crippen molar-refractivity contribution in [3.63, 3.8) is 0 Å². The van der Waals surface area contributed by atoms with E-state index in [1.807, 2.05) is 62.4 Å².